The fourth-order valence-corrected chi connectivity index (χ4v) is 2.44. The van der Waals surface area contributed by atoms with Crippen LogP contribution in [-0.2, 0) is 18.5 Å². The number of Topliss-reactive ketones (excluding diaryl/α,β-unsaturated/α-hetero) is 1. The number of halogens is 9. The minimum atomic E-state index is -5.15. The molecule has 0 fully saturated rings. The summed E-state index contributed by atoms with van der Waals surface area (Å²) in [6, 6.07) is 2.25. The lowest BCUT2D eigenvalue weighted by Gasteiger charge is -2.16. The van der Waals surface area contributed by atoms with Crippen LogP contribution in [0.25, 0.3) is 11.1 Å². The van der Waals surface area contributed by atoms with E-state index >= 15 is 0 Å². The Hall–Kier alpha value is -2.52. The van der Waals surface area contributed by atoms with E-state index in [0.717, 1.165) is 6.07 Å². The summed E-state index contributed by atoms with van der Waals surface area (Å²) in [7, 11) is 0. The van der Waals surface area contributed by atoms with Gasteiger partial charge in [-0.05, 0) is 47.5 Å². The Kier molecular flexibility index (Phi) is 5.55. The number of alkyl halides is 9. The van der Waals surface area contributed by atoms with Gasteiger partial charge in [-0.3, -0.25) is 4.79 Å². The van der Waals surface area contributed by atoms with Gasteiger partial charge in [0.1, 0.15) is 0 Å². The third-order valence-corrected chi connectivity index (χ3v) is 3.82. The molecule has 10 heteroatoms. The number of ketones is 1. The summed E-state index contributed by atoms with van der Waals surface area (Å²) in [5.74, 6) is -0.740. The van der Waals surface area contributed by atoms with Gasteiger partial charge in [0, 0.05) is 12.0 Å². The van der Waals surface area contributed by atoms with Crippen LogP contribution in [0.4, 0.5) is 39.5 Å². The van der Waals surface area contributed by atoms with Gasteiger partial charge in [-0.2, -0.15) is 39.5 Å². The van der Waals surface area contributed by atoms with Crippen molar-refractivity contribution in [1.29, 1.82) is 0 Å². The summed E-state index contributed by atoms with van der Waals surface area (Å²) in [6.45, 7) is 1.36. The molecule has 0 unspecified atom stereocenters. The molecular formula is C18H11F9O. The molecule has 2 aromatic carbocycles. The van der Waals surface area contributed by atoms with E-state index in [0.29, 0.717) is 24.3 Å². The average molecular weight is 414 g/mol. The van der Waals surface area contributed by atoms with Crippen molar-refractivity contribution in [3.63, 3.8) is 0 Å². The molecule has 0 aromatic heterocycles. The van der Waals surface area contributed by atoms with Crippen LogP contribution in [0.3, 0.4) is 0 Å². The summed E-state index contributed by atoms with van der Waals surface area (Å²) in [4.78, 5) is 11.8. The summed E-state index contributed by atoms with van der Waals surface area (Å²) in [5, 5.41) is 0. The minimum absolute atomic E-state index is 0.130. The van der Waals surface area contributed by atoms with E-state index in [-0.39, 0.29) is 12.5 Å². The van der Waals surface area contributed by atoms with Crippen LogP contribution < -0.4 is 0 Å². The van der Waals surface area contributed by atoms with E-state index in [4.69, 9.17) is 0 Å². The van der Waals surface area contributed by atoms with Crippen molar-refractivity contribution in [3.05, 3.63) is 58.7 Å². The molecule has 0 aliphatic carbocycles. The zero-order valence-electron chi connectivity index (χ0n) is 14.0. The Morgan fingerprint density at radius 3 is 1.36 bits per heavy atom. The highest BCUT2D eigenvalue weighted by molar-refractivity contribution is 5.97. The lowest BCUT2D eigenvalue weighted by atomic mass is 9.94. The van der Waals surface area contributed by atoms with Gasteiger partial charge in [-0.15, -0.1) is 0 Å². The summed E-state index contributed by atoms with van der Waals surface area (Å²) in [6.07, 6.45) is -15.5. The van der Waals surface area contributed by atoms with Gasteiger partial charge in [0.25, 0.3) is 0 Å². The lowest BCUT2D eigenvalue weighted by Crippen LogP contribution is -2.11. The first-order valence-corrected chi connectivity index (χ1v) is 7.68. The van der Waals surface area contributed by atoms with Crippen LogP contribution >= 0.6 is 0 Å². The number of benzene rings is 2. The molecule has 0 N–H and O–H groups in total. The Morgan fingerprint density at radius 2 is 1.00 bits per heavy atom. The molecular weight excluding hydrogens is 403 g/mol. The van der Waals surface area contributed by atoms with Crippen LogP contribution in [0.1, 0.15) is 40.4 Å². The van der Waals surface area contributed by atoms with Crippen molar-refractivity contribution in [2.45, 2.75) is 31.9 Å². The maximum Gasteiger partial charge on any atom is 0.416 e. The van der Waals surface area contributed by atoms with Gasteiger partial charge < -0.3 is 0 Å². The first-order chi connectivity index (χ1) is 12.6. The van der Waals surface area contributed by atoms with Gasteiger partial charge in [0.05, 0.1) is 16.7 Å². The lowest BCUT2D eigenvalue weighted by molar-refractivity contribution is -0.143. The quantitative estimate of drug-likeness (QED) is 0.390. The monoisotopic (exact) mass is 414 g/mol. The smallest absolute Gasteiger partial charge is 0.294 e. The van der Waals surface area contributed by atoms with Crippen molar-refractivity contribution >= 4 is 5.78 Å². The fraction of sp³-hybridized carbons (Fsp3) is 0.278. The van der Waals surface area contributed by atoms with Crippen molar-refractivity contribution in [1.82, 2.24) is 0 Å². The van der Waals surface area contributed by atoms with Gasteiger partial charge in [-0.1, -0.05) is 6.92 Å². The molecule has 0 saturated heterocycles. The highest BCUT2D eigenvalue weighted by Gasteiger charge is 2.37. The van der Waals surface area contributed by atoms with E-state index in [1.54, 1.807) is 0 Å². The molecule has 2 rings (SSSR count). The topological polar surface area (TPSA) is 17.1 Å². The highest BCUT2D eigenvalue weighted by atomic mass is 19.4. The van der Waals surface area contributed by atoms with Crippen LogP contribution in [0, 0.1) is 0 Å². The second-order valence-electron chi connectivity index (χ2n) is 5.87. The van der Waals surface area contributed by atoms with Crippen molar-refractivity contribution in [2.24, 2.45) is 0 Å². The van der Waals surface area contributed by atoms with E-state index in [1.165, 1.54) is 6.92 Å². The normalized spacial score (nSPS) is 12.9. The SMILES string of the molecule is CCC(=O)c1cc(-c2cc(C(F)(F)F)cc(C(F)(F)F)c2)cc(C(F)(F)F)c1. The Bertz CT molecular complexity index is 857. The predicted octanol–water partition coefficient (Wildman–Crippen LogP) is 7.00. The second-order valence-corrected chi connectivity index (χ2v) is 5.87. The minimum Gasteiger partial charge on any atom is -0.294 e. The van der Waals surface area contributed by atoms with E-state index in [9.17, 15) is 44.3 Å². The fourth-order valence-electron chi connectivity index (χ4n) is 2.44. The predicted molar refractivity (Wildman–Crippen MR) is 81.5 cm³/mol. The number of rotatable bonds is 3. The summed E-state index contributed by atoms with van der Waals surface area (Å²) >= 11 is 0. The zero-order chi connectivity index (χ0) is 21.5. The third kappa shape index (κ3) is 4.85. The number of hydrogen-bond acceptors (Lipinski definition) is 1. The zero-order valence-corrected chi connectivity index (χ0v) is 14.0. The van der Waals surface area contributed by atoms with Crippen molar-refractivity contribution < 1.29 is 44.3 Å². The molecule has 0 atom stereocenters. The molecule has 1 nitrogen and oxygen atoms in total. The van der Waals surface area contributed by atoms with Crippen LogP contribution in [0.15, 0.2) is 36.4 Å². The Labute approximate surface area is 152 Å². The van der Waals surface area contributed by atoms with Crippen LogP contribution in [0.5, 0.6) is 0 Å². The molecule has 152 valence electrons. The molecule has 0 aliphatic heterocycles. The van der Waals surface area contributed by atoms with Crippen molar-refractivity contribution in [2.75, 3.05) is 0 Å². The number of hydrogen-bond donors (Lipinski definition) is 0. The maximum absolute atomic E-state index is 13.1. The molecule has 28 heavy (non-hydrogen) atoms. The standard InChI is InChI=1S/C18H11F9O/c1-2-15(28)11-3-9(4-12(7-11)16(19,20)21)10-5-13(17(22,23)24)8-14(6-10)18(25,26)27/h3-8H,2H2,1H3. The van der Waals surface area contributed by atoms with Gasteiger partial charge in [0.15, 0.2) is 5.78 Å². The van der Waals surface area contributed by atoms with E-state index in [2.05, 4.69) is 0 Å². The first-order valence-electron chi connectivity index (χ1n) is 7.68. The molecule has 0 spiro atoms. The molecule has 0 amide bonds. The molecule has 0 saturated carbocycles. The first kappa shape index (κ1) is 21.8. The van der Waals surface area contributed by atoms with Gasteiger partial charge in [-0.25, -0.2) is 0 Å². The summed E-state index contributed by atoms with van der Waals surface area (Å²) < 4.78 is 117. The van der Waals surface area contributed by atoms with E-state index in [1.807, 2.05) is 0 Å². The highest BCUT2D eigenvalue weighted by Crippen LogP contribution is 2.40. The molecule has 0 heterocycles. The maximum atomic E-state index is 13.1. The number of carbonyl (C=O) groups excluding carboxylic acids is 1. The van der Waals surface area contributed by atoms with E-state index < -0.39 is 57.7 Å². The molecule has 0 aliphatic rings. The molecule has 0 bridgehead atoms. The van der Waals surface area contributed by atoms with Gasteiger partial charge in [0.2, 0.25) is 0 Å². The largest absolute Gasteiger partial charge is 0.416 e. The van der Waals surface area contributed by atoms with Gasteiger partial charge >= 0.3 is 18.5 Å². The van der Waals surface area contributed by atoms with Crippen molar-refractivity contribution in [3.8, 4) is 11.1 Å². The van der Waals surface area contributed by atoms with Crippen LogP contribution in [-0.4, -0.2) is 5.78 Å². The molecule has 2 aromatic rings. The summed E-state index contributed by atoms with van der Waals surface area (Å²) in [5.41, 5.74) is -6.47. The average Bonchev–Trinajstić information content (AvgIpc) is 2.58. The molecule has 0 radical (unpaired) electrons. The third-order valence-electron chi connectivity index (χ3n) is 3.82. The Balaban J connectivity index is 2.80. The second kappa shape index (κ2) is 7.14. The number of carbonyl (C=O) groups is 1. The van der Waals surface area contributed by atoms with Crippen LogP contribution in [0.2, 0.25) is 0 Å². The Morgan fingerprint density at radius 1 is 0.643 bits per heavy atom.